The van der Waals surface area contributed by atoms with Crippen molar-refractivity contribution in [1.82, 2.24) is 15.1 Å². The minimum Gasteiger partial charge on any atom is -0.364 e. The van der Waals surface area contributed by atoms with Gasteiger partial charge in [0, 0.05) is 45.7 Å². The number of hydrogen-bond donors (Lipinski definition) is 2. The minimum atomic E-state index is -0.525. The Morgan fingerprint density at radius 2 is 1.76 bits per heavy atom. The summed E-state index contributed by atoms with van der Waals surface area (Å²) in [5, 5.41) is 2.23. The number of anilines is 1. The van der Waals surface area contributed by atoms with Crippen molar-refractivity contribution in [2.45, 2.75) is 37.3 Å². The van der Waals surface area contributed by atoms with Crippen molar-refractivity contribution in [2.24, 2.45) is 0 Å². The van der Waals surface area contributed by atoms with Crippen LogP contribution in [0.3, 0.4) is 0 Å². The summed E-state index contributed by atoms with van der Waals surface area (Å²) in [7, 11) is 0. The molecule has 0 spiro atoms. The summed E-state index contributed by atoms with van der Waals surface area (Å²) in [5.74, 6) is -1.52. The van der Waals surface area contributed by atoms with Gasteiger partial charge in [-0.1, -0.05) is 24.3 Å². The summed E-state index contributed by atoms with van der Waals surface area (Å²) in [5.41, 5.74) is 3.43. The van der Waals surface area contributed by atoms with Gasteiger partial charge in [0.2, 0.25) is 11.8 Å². The first-order valence-electron chi connectivity index (χ1n) is 11.2. The van der Waals surface area contributed by atoms with Gasteiger partial charge in [0.05, 0.1) is 11.4 Å². The van der Waals surface area contributed by atoms with Gasteiger partial charge in [0.25, 0.3) is 0 Å². The summed E-state index contributed by atoms with van der Waals surface area (Å²) in [4.78, 5) is 29.9. The van der Waals surface area contributed by atoms with Gasteiger partial charge >= 0.3 is 0 Å². The topological polar surface area (TPSA) is 55.9 Å². The molecule has 174 valence electrons. The van der Waals surface area contributed by atoms with E-state index in [1.807, 2.05) is 4.90 Å². The molecular formula is C24H26F2N4O2S. The number of carbonyl (C=O) groups is 2. The van der Waals surface area contributed by atoms with E-state index in [1.54, 1.807) is 4.90 Å². The van der Waals surface area contributed by atoms with Gasteiger partial charge in [-0.15, -0.1) is 0 Å². The van der Waals surface area contributed by atoms with E-state index in [4.69, 9.17) is 12.6 Å². The highest BCUT2D eigenvalue weighted by Gasteiger charge is 2.39. The van der Waals surface area contributed by atoms with Crippen LogP contribution in [0.2, 0.25) is 0 Å². The Morgan fingerprint density at radius 3 is 2.45 bits per heavy atom. The second kappa shape index (κ2) is 9.04. The number of piperazine rings is 1. The first kappa shape index (κ1) is 22.3. The summed E-state index contributed by atoms with van der Waals surface area (Å²) in [6.45, 7) is 3.89. The van der Waals surface area contributed by atoms with Crippen molar-refractivity contribution in [2.75, 3.05) is 31.1 Å². The van der Waals surface area contributed by atoms with E-state index in [0.29, 0.717) is 45.6 Å². The number of imide groups is 1. The van der Waals surface area contributed by atoms with Crippen molar-refractivity contribution in [3.8, 4) is 0 Å². The molecule has 0 aromatic heterocycles. The third-order valence-electron chi connectivity index (χ3n) is 6.80. The lowest BCUT2D eigenvalue weighted by Gasteiger charge is -2.36. The standard InChI is InChI=1S/C24H26F2N4O2S/c25-18-2-1-3-19(26)22(18)29-10-8-28(9-11-29)13-15-4-5-16-14-30(24(33)17(16)12-15)20-6-7-21(31)27-23(20)32/h1-5,12,20,24,33H,6-11,13-14H2,(H,27,31,32). The van der Waals surface area contributed by atoms with Gasteiger partial charge in [-0.2, -0.15) is 12.6 Å². The average molecular weight is 473 g/mol. The van der Waals surface area contributed by atoms with Crippen molar-refractivity contribution in [3.05, 3.63) is 64.7 Å². The van der Waals surface area contributed by atoms with Gasteiger partial charge in [-0.3, -0.25) is 24.7 Å². The molecule has 0 radical (unpaired) electrons. The van der Waals surface area contributed by atoms with E-state index >= 15 is 0 Å². The monoisotopic (exact) mass is 472 g/mol. The van der Waals surface area contributed by atoms with Crippen LogP contribution in [0.4, 0.5) is 14.5 Å². The molecular weight excluding hydrogens is 446 g/mol. The lowest BCUT2D eigenvalue weighted by atomic mass is 10.0. The molecule has 2 fully saturated rings. The van der Waals surface area contributed by atoms with Crippen LogP contribution >= 0.6 is 12.6 Å². The number of amides is 2. The molecule has 0 saturated carbocycles. The molecule has 2 saturated heterocycles. The zero-order valence-corrected chi connectivity index (χ0v) is 19.0. The number of thiol groups is 1. The first-order chi connectivity index (χ1) is 15.9. The maximum atomic E-state index is 14.1. The van der Waals surface area contributed by atoms with Crippen LogP contribution in [-0.2, 0) is 22.7 Å². The third-order valence-corrected chi connectivity index (χ3v) is 7.37. The van der Waals surface area contributed by atoms with Gasteiger partial charge in [-0.05, 0) is 35.2 Å². The Kier molecular flexibility index (Phi) is 6.11. The van der Waals surface area contributed by atoms with Gasteiger partial charge < -0.3 is 4.90 Å². The molecule has 2 aromatic carbocycles. The van der Waals surface area contributed by atoms with Crippen LogP contribution in [0.1, 0.15) is 34.9 Å². The normalized spacial score (nSPS) is 24.2. The fraction of sp³-hybridized carbons (Fsp3) is 0.417. The molecule has 0 aliphatic carbocycles. The largest absolute Gasteiger partial charge is 0.364 e. The molecule has 2 aromatic rings. The summed E-state index contributed by atoms with van der Waals surface area (Å²) in [6, 6.07) is 9.94. The summed E-state index contributed by atoms with van der Waals surface area (Å²) >= 11 is 4.79. The predicted octanol–water partition coefficient (Wildman–Crippen LogP) is 2.84. The molecule has 3 heterocycles. The van der Waals surface area contributed by atoms with E-state index in [2.05, 4.69) is 28.4 Å². The van der Waals surface area contributed by atoms with Crippen LogP contribution in [-0.4, -0.2) is 53.8 Å². The maximum Gasteiger partial charge on any atom is 0.243 e. The fourth-order valence-electron chi connectivity index (χ4n) is 5.05. The summed E-state index contributed by atoms with van der Waals surface area (Å²) in [6.07, 6.45) is 0.854. The zero-order valence-electron chi connectivity index (χ0n) is 18.1. The van der Waals surface area contributed by atoms with E-state index in [0.717, 1.165) is 23.2 Å². The smallest absolute Gasteiger partial charge is 0.243 e. The molecule has 3 aliphatic rings. The Bertz CT molecular complexity index is 1070. The molecule has 6 nitrogen and oxygen atoms in total. The molecule has 2 amide bonds. The van der Waals surface area contributed by atoms with Crippen molar-refractivity contribution < 1.29 is 18.4 Å². The number of benzene rings is 2. The minimum absolute atomic E-state index is 0.0566. The van der Waals surface area contributed by atoms with E-state index in [9.17, 15) is 18.4 Å². The maximum absolute atomic E-state index is 14.1. The number of rotatable bonds is 4. The number of piperidine rings is 1. The molecule has 3 aliphatic heterocycles. The number of carbonyl (C=O) groups excluding carboxylic acids is 2. The van der Waals surface area contributed by atoms with Gasteiger partial charge in [0.1, 0.15) is 17.3 Å². The molecule has 2 atom stereocenters. The molecule has 33 heavy (non-hydrogen) atoms. The molecule has 1 N–H and O–H groups in total. The van der Waals surface area contributed by atoms with Crippen LogP contribution in [0.25, 0.3) is 0 Å². The molecule has 2 unspecified atom stereocenters. The number of nitrogens with one attached hydrogen (secondary N) is 1. The van der Waals surface area contributed by atoms with Crippen molar-refractivity contribution in [3.63, 3.8) is 0 Å². The second-order valence-corrected chi connectivity index (χ2v) is 9.37. The van der Waals surface area contributed by atoms with Gasteiger partial charge in [0.15, 0.2) is 0 Å². The van der Waals surface area contributed by atoms with E-state index < -0.39 is 11.6 Å². The van der Waals surface area contributed by atoms with Crippen LogP contribution in [0, 0.1) is 11.6 Å². The highest BCUT2D eigenvalue weighted by atomic mass is 32.1. The highest BCUT2D eigenvalue weighted by Crippen LogP contribution is 2.39. The number of para-hydroxylation sites is 1. The number of halogens is 2. The van der Waals surface area contributed by atoms with Crippen molar-refractivity contribution in [1.29, 1.82) is 0 Å². The van der Waals surface area contributed by atoms with Crippen molar-refractivity contribution >= 4 is 30.1 Å². The average Bonchev–Trinajstić information content (AvgIpc) is 3.11. The SMILES string of the molecule is O=C1CCC(N2Cc3ccc(CN4CCN(c5c(F)cccc5F)CC4)cc3C2S)C(=O)N1. The first-order valence-corrected chi connectivity index (χ1v) is 11.7. The van der Waals surface area contributed by atoms with Gasteiger partial charge in [-0.25, -0.2) is 8.78 Å². The number of nitrogens with zero attached hydrogens (tertiary/aromatic N) is 3. The third kappa shape index (κ3) is 4.37. The Hall–Kier alpha value is -2.49. The Morgan fingerprint density at radius 1 is 1.03 bits per heavy atom. The molecule has 9 heteroatoms. The van der Waals surface area contributed by atoms with E-state index in [1.165, 1.54) is 18.2 Å². The van der Waals surface area contributed by atoms with E-state index in [-0.39, 0.29) is 28.9 Å². The predicted molar refractivity (Wildman–Crippen MR) is 124 cm³/mol. The molecule has 0 bridgehead atoms. The molecule has 5 rings (SSSR count). The highest BCUT2D eigenvalue weighted by molar-refractivity contribution is 7.80. The second-order valence-electron chi connectivity index (χ2n) is 8.88. The van der Waals surface area contributed by atoms with Crippen LogP contribution < -0.4 is 10.2 Å². The van der Waals surface area contributed by atoms with Crippen LogP contribution in [0.15, 0.2) is 36.4 Å². The fourth-order valence-corrected chi connectivity index (χ4v) is 5.53. The number of hydrogen-bond acceptors (Lipinski definition) is 6. The van der Waals surface area contributed by atoms with Crippen LogP contribution in [0.5, 0.6) is 0 Å². The Labute approximate surface area is 196 Å². The lowest BCUT2D eigenvalue weighted by Crippen LogP contribution is -2.51. The Balaban J connectivity index is 1.22. The zero-order chi connectivity index (χ0) is 23.1. The summed E-state index contributed by atoms with van der Waals surface area (Å²) < 4.78 is 28.2. The number of fused-ring (bicyclic) bond motifs is 1. The lowest BCUT2D eigenvalue weighted by molar-refractivity contribution is -0.137. The quantitative estimate of drug-likeness (QED) is 0.530.